The Morgan fingerprint density at radius 3 is 2.56 bits per heavy atom. The topological polar surface area (TPSA) is 103 Å². The van der Waals surface area contributed by atoms with Gasteiger partial charge in [-0.15, -0.1) is 5.10 Å². The fraction of sp³-hybridized carbons (Fsp3) is 0.235. The Hall–Kier alpha value is -3.29. The molecule has 0 aromatic carbocycles. The molecule has 0 aliphatic carbocycles. The van der Waals surface area contributed by atoms with Gasteiger partial charge in [0.05, 0.1) is 5.56 Å². The Morgan fingerprint density at radius 1 is 1.16 bits per heavy atom. The minimum absolute atomic E-state index is 0.0125. The quantitative estimate of drug-likeness (QED) is 0.758. The smallest absolute Gasteiger partial charge is 0.282 e. The van der Waals surface area contributed by atoms with Crippen molar-refractivity contribution in [1.82, 2.24) is 24.7 Å². The first-order valence-electron chi connectivity index (χ1n) is 8.03. The SMILES string of the molecule is CCN(CC)c1ccc(C(=O)n2nc(-c3ccccn3)nc2N)cn1. The number of nitrogens with two attached hydrogens (primary N) is 1. The first kappa shape index (κ1) is 16.6. The van der Waals surface area contributed by atoms with Gasteiger partial charge in [-0.05, 0) is 38.1 Å². The molecule has 3 rings (SSSR count). The van der Waals surface area contributed by atoms with Gasteiger partial charge in [0.25, 0.3) is 5.91 Å². The Labute approximate surface area is 145 Å². The van der Waals surface area contributed by atoms with E-state index in [2.05, 4.69) is 38.8 Å². The van der Waals surface area contributed by atoms with Gasteiger partial charge in [-0.1, -0.05) is 6.07 Å². The molecule has 0 fully saturated rings. The number of anilines is 2. The van der Waals surface area contributed by atoms with Crippen LogP contribution in [0.25, 0.3) is 11.5 Å². The van der Waals surface area contributed by atoms with E-state index in [9.17, 15) is 4.79 Å². The summed E-state index contributed by atoms with van der Waals surface area (Å²) in [4.78, 5) is 27.4. The molecular formula is C17H19N7O. The maximum Gasteiger partial charge on any atom is 0.282 e. The molecule has 128 valence electrons. The van der Waals surface area contributed by atoms with E-state index in [1.807, 2.05) is 12.1 Å². The summed E-state index contributed by atoms with van der Waals surface area (Å²) in [6, 6.07) is 8.89. The van der Waals surface area contributed by atoms with E-state index in [4.69, 9.17) is 5.73 Å². The number of hydrogen-bond acceptors (Lipinski definition) is 7. The molecule has 0 saturated carbocycles. The third-order valence-electron chi connectivity index (χ3n) is 3.80. The predicted molar refractivity (Wildman–Crippen MR) is 95.2 cm³/mol. The third-order valence-corrected chi connectivity index (χ3v) is 3.80. The summed E-state index contributed by atoms with van der Waals surface area (Å²) in [5.41, 5.74) is 6.79. The molecule has 3 heterocycles. The van der Waals surface area contributed by atoms with Crippen LogP contribution in [0.3, 0.4) is 0 Å². The summed E-state index contributed by atoms with van der Waals surface area (Å²) >= 11 is 0. The van der Waals surface area contributed by atoms with Gasteiger partial charge >= 0.3 is 0 Å². The Kier molecular flexibility index (Phi) is 4.69. The molecule has 8 nitrogen and oxygen atoms in total. The molecule has 0 aliphatic rings. The highest BCUT2D eigenvalue weighted by atomic mass is 16.2. The van der Waals surface area contributed by atoms with Crippen LogP contribution < -0.4 is 10.6 Å². The normalized spacial score (nSPS) is 10.6. The summed E-state index contributed by atoms with van der Waals surface area (Å²) in [5.74, 6) is 0.755. The van der Waals surface area contributed by atoms with E-state index in [0.29, 0.717) is 17.1 Å². The lowest BCUT2D eigenvalue weighted by Gasteiger charge is -2.19. The first-order chi connectivity index (χ1) is 12.1. The lowest BCUT2D eigenvalue weighted by Crippen LogP contribution is -2.23. The van der Waals surface area contributed by atoms with E-state index < -0.39 is 0 Å². The maximum absolute atomic E-state index is 12.6. The number of nitrogen functional groups attached to an aromatic ring is 1. The van der Waals surface area contributed by atoms with Gasteiger partial charge < -0.3 is 10.6 Å². The summed E-state index contributed by atoms with van der Waals surface area (Å²) < 4.78 is 1.07. The number of nitrogens with zero attached hydrogens (tertiary/aromatic N) is 6. The average molecular weight is 337 g/mol. The number of hydrogen-bond donors (Lipinski definition) is 1. The summed E-state index contributed by atoms with van der Waals surface area (Å²) in [6.07, 6.45) is 3.15. The van der Waals surface area contributed by atoms with E-state index in [1.54, 1.807) is 24.4 Å². The fourth-order valence-corrected chi connectivity index (χ4v) is 2.45. The molecule has 25 heavy (non-hydrogen) atoms. The van der Waals surface area contributed by atoms with Crippen molar-refractivity contribution < 1.29 is 4.79 Å². The minimum atomic E-state index is -0.384. The summed E-state index contributed by atoms with van der Waals surface area (Å²) in [7, 11) is 0. The third kappa shape index (κ3) is 3.32. The molecule has 3 aromatic heterocycles. The lowest BCUT2D eigenvalue weighted by molar-refractivity contribution is 0.0947. The van der Waals surface area contributed by atoms with E-state index >= 15 is 0 Å². The van der Waals surface area contributed by atoms with Crippen molar-refractivity contribution in [3.05, 3.63) is 48.3 Å². The van der Waals surface area contributed by atoms with Gasteiger partial charge in [0, 0.05) is 25.5 Å². The van der Waals surface area contributed by atoms with Crippen LogP contribution in [0, 0.1) is 0 Å². The second-order valence-corrected chi connectivity index (χ2v) is 5.30. The van der Waals surface area contributed by atoms with Crippen molar-refractivity contribution in [2.45, 2.75) is 13.8 Å². The zero-order valence-corrected chi connectivity index (χ0v) is 14.1. The monoisotopic (exact) mass is 337 g/mol. The van der Waals surface area contributed by atoms with E-state index in [1.165, 1.54) is 6.20 Å². The molecule has 0 aliphatic heterocycles. The molecule has 0 atom stereocenters. The predicted octanol–water partition coefficient (Wildman–Crippen LogP) is 1.85. The molecule has 0 unspecified atom stereocenters. The summed E-state index contributed by atoms with van der Waals surface area (Å²) in [6.45, 7) is 5.81. The average Bonchev–Trinajstić information content (AvgIpc) is 3.05. The van der Waals surface area contributed by atoms with Crippen LogP contribution in [0.5, 0.6) is 0 Å². The van der Waals surface area contributed by atoms with Crippen molar-refractivity contribution in [3.8, 4) is 11.5 Å². The molecule has 8 heteroatoms. The van der Waals surface area contributed by atoms with Crippen LogP contribution in [0.4, 0.5) is 11.8 Å². The summed E-state index contributed by atoms with van der Waals surface area (Å²) in [5, 5.41) is 4.18. The second-order valence-electron chi connectivity index (χ2n) is 5.30. The van der Waals surface area contributed by atoms with Crippen LogP contribution in [0.15, 0.2) is 42.7 Å². The first-order valence-corrected chi connectivity index (χ1v) is 8.03. The van der Waals surface area contributed by atoms with Gasteiger partial charge in [-0.2, -0.15) is 9.67 Å². The van der Waals surface area contributed by atoms with Crippen LogP contribution in [0.2, 0.25) is 0 Å². The van der Waals surface area contributed by atoms with E-state index in [-0.39, 0.29) is 11.9 Å². The second kappa shape index (κ2) is 7.08. The van der Waals surface area contributed by atoms with Gasteiger partial charge in [0.15, 0.2) is 0 Å². The van der Waals surface area contributed by atoms with Crippen LogP contribution in [-0.2, 0) is 0 Å². The van der Waals surface area contributed by atoms with Gasteiger partial charge in [0.1, 0.15) is 11.5 Å². The fourth-order valence-electron chi connectivity index (χ4n) is 2.45. The Balaban J connectivity index is 1.87. The number of rotatable bonds is 5. The van der Waals surface area contributed by atoms with Gasteiger partial charge in [0.2, 0.25) is 11.8 Å². The number of aromatic nitrogens is 5. The number of carbonyl (C=O) groups excluding carboxylic acids is 1. The highest BCUT2D eigenvalue weighted by Gasteiger charge is 2.18. The molecular weight excluding hydrogens is 318 g/mol. The van der Waals surface area contributed by atoms with Crippen LogP contribution in [0.1, 0.15) is 24.2 Å². The molecule has 0 bridgehead atoms. The standard InChI is InChI=1S/C17H19N7O/c1-3-23(4-2)14-9-8-12(11-20-14)16(25)24-17(18)21-15(22-24)13-7-5-6-10-19-13/h5-11H,3-4H2,1-2H3,(H2,18,21,22). The number of pyridine rings is 2. The van der Waals surface area contributed by atoms with Crippen molar-refractivity contribution in [3.63, 3.8) is 0 Å². The highest BCUT2D eigenvalue weighted by Crippen LogP contribution is 2.16. The largest absolute Gasteiger partial charge is 0.368 e. The minimum Gasteiger partial charge on any atom is -0.368 e. The molecule has 0 spiro atoms. The molecule has 0 amide bonds. The van der Waals surface area contributed by atoms with Crippen molar-refractivity contribution in [2.24, 2.45) is 0 Å². The van der Waals surface area contributed by atoms with Crippen molar-refractivity contribution >= 4 is 17.7 Å². The molecule has 0 radical (unpaired) electrons. The Bertz CT molecular complexity index is 854. The zero-order valence-electron chi connectivity index (χ0n) is 14.1. The Morgan fingerprint density at radius 2 is 1.96 bits per heavy atom. The number of carbonyl (C=O) groups is 1. The zero-order chi connectivity index (χ0) is 17.8. The van der Waals surface area contributed by atoms with Crippen molar-refractivity contribution in [1.29, 1.82) is 0 Å². The molecule has 2 N–H and O–H groups in total. The van der Waals surface area contributed by atoms with E-state index in [0.717, 1.165) is 23.6 Å². The van der Waals surface area contributed by atoms with Crippen molar-refractivity contribution in [2.75, 3.05) is 23.7 Å². The van der Waals surface area contributed by atoms with Crippen LogP contribution in [-0.4, -0.2) is 43.7 Å². The lowest BCUT2D eigenvalue weighted by atomic mass is 10.2. The maximum atomic E-state index is 12.6. The molecule has 0 saturated heterocycles. The molecule has 3 aromatic rings. The highest BCUT2D eigenvalue weighted by molar-refractivity contribution is 5.96. The van der Waals surface area contributed by atoms with Crippen LogP contribution >= 0.6 is 0 Å². The van der Waals surface area contributed by atoms with Gasteiger partial charge in [-0.25, -0.2) is 4.98 Å². The van der Waals surface area contributed by atoms with Gasteiger partial charge in [-0.3, -0.25) is 9.78 Å².